The van der Waals surface area contributed by atoms with E-state index in [1.54, 1.807) is 18.2 Å². The third kappa shape index (κ3) is 3.62. The number of benzene rings is 2. The third-order valence-electron chi connectivity index (χ3n) is 2.70. The van der Waals surface area contributed by atoms with Gasteiger partial charge in [0.1, 0.15) is 0 Å². The van der Waals surface area contributed by atoms with E-state index < -0.39 is 11.9 Å². The maximum absolute atomic E-state index is 12.2. The Balaban J connectivity index is 2.34. The number of nitrogens with one attached hydrogen (secondary N) is 1. The number of amides is 1. The molecule has 0 spiro atoms. The van der Waals surface area contributed by atoms with Crippen LogP contribution in [0.1, 0.15) is 20.7 Å². The van der Waals surface area contributed by atoms with Gasteiger partial charge >= 0.3 is 5.97 Å². The molecule has 0 atom stereocenters. The summed E-state index contributed by atoms with van der Waals surface area (Å²) in [5.74, 6) is -1.57. The zero-order valence-electron chi connectivity index (χ0n) is 10.6. The number of aromatic carboxylic acids is 1. The van der Waals surface area contributed by atoms with Crippen molar-refractivity contribution in [3.05, 3.63) is 56.5 Å². The Morgan fingerprint density at radius 1 is 1.05 bits per heavy atom. The number of rotatable bonds is 3. The summed E-state index contributed by atoms with van der Waals surface area (Å²) in [7, 11) is 0. The van der Waals surface area contributed by atoms with Gasteiger partial charge in [-0.25, -0.2) is 4.79 Å². The average Bonchev–Trinajstić information content (AvgIpc) is 2.40. The van der Waals surface area contributed by atoms with Crippen LogP contribution in [0.2, 0.25) is 0 Å². The van der Waals surface area contributed by atoms with E-state index in [1.165, 1.54) is 18.2 Å². The maximum Gasteiger partial charge on any atom is 0.337 e. The molecule has 21 heavy (non-hydrogen) atoms. The van der Waals surface area contributed by atoms with E-state index in [4.69, 9.17) is 10.8 Å². The predicted molar refractivity (Wildman–Crippen MR) is 87.6 cm³/mol. The first-order chi connectivity index (χ1) is 9.88. The molecule has 2 aromatic rings. The molecule has 2 rings (SSSR count). The molecule has 1 amide bonds. The summed E-state index contributed by atoms with van der Waals surface area (Å²) in [5.41, 5.74) is 6.40. The summed E-state index contributed by atoms with van der Waals surface area (Å²) in [5, 5.41) is 11.7. The number of carbonyl (C=O) groups excluding carboxylic acids is 1. The van der Waals surface area contributed by atoms with E-state index in [0.717, 1.165) is 4.47 Å². The Bertz CT molecular complexity index is 732. The standard InChI is InChI=1S/C14H10Br2N2O3/c15-7-1-3-9(11(16)5-7)13(19)18-12-4-2-8(17)6-10(12)14(20)21/h1-6H,17H2,(H,18,19)(H,20,21). The topological polar surface area (TPSA) is 92.4 Å². The van der Waals surface area contributed by atoms with Crippen molar-refractivity contribution in [2.45, 2.75) is 0 Å². The third-order valence-corrected chi connectivity index (χ3v) is 3.85. The highest BCUT2D eigenvalue weighted by atomic mass is 79.9. The fourth-order valence-electron chi connectivity index (χ4n) is 1.71. The van der Waals surface area contributed by atoms with Gasteiger partial charge in [0.25, 0.3) is 5.91 Å². The lowest BCUT2D eigenvalue weighted by atomic mass is 10.1. The number of hydrogen-bond donors (Lipinski definition) is 3. The molecule has 0 fully saturated rings. The molecule has 0 saturated carbocycles. The van der Waals surface area contributed by atoms with Crippen LogP contribution in [0, 0.1) is 0 Å². The van der Waals surface area contributed by atoms with E-state index in [1.807, 2.05) is 0 Å². The van der Waals surface area contributed by atoms with Gasteiger partial charge in [0.15, 0.2) is 0 Å². The number of hydrogen-bond acceptors (Lipinski definition) is 3. The molecule has 0 aliphatic carbocycles. The fraction of sp³-hybridized carbons (Fsp3) is 0. The van der Waals surface area contributed by atoms with Crippen molar-refractivity contribution in [3.63, 3.8) is 0 Å². The summed E-state index contributed by atoms with van der Waals surface area (Å²) in [6.07, 6.45) is 0. The molecule has 0 aliphatic heterocycles. The lowest BCUT2D eigenvalue weighted by Crippen LogP contribution is -2.15. The SMILES string of the molecule is Nc1ccc(NC(=O)c2ccc(Br)cc2Br)c(C(=O)O)c1. The Kier molecular flexibility index (Phi) is 4.64. The van der Waals surface area contributed by atoms with Crippen LogP contribution in [0.25, 0.3) is 0 Å². The van der Waals surface area contributed by atoms with Crippen molar-refractivity contribution < 1.29 is 14.7 Å². The second-order valence-electron chi connectivity index (χ2n) is 4.19. The molecular formula is C14H10Br2N2O3. The van der Waals surface area contributed by atoms with Gasteiger partial charge in [0, 0.05) is 14.6 Å². The molecular weight excluding hydrogens is 404 g/mol. The number of carboxylic acid groups (broad SMARTS) is 1. The van der Waals surface area contributed by atoms with Gasteiger partial charge in [-0.3, -0.25) is 4.79 Å². The minimum absolute atomic E-state index is 0.0587. The highest BCUT2D eigenvalue weighted by Crippen LogP contribution is 2.24. The van der Waals surface area contributed by atoms with E-state index in [-0.39, 0.29) is 11.3 Å². The summed E-state index contributed by atoms with van der Waals surface area (Å²) >= 11 is 6.59. The number of halogens is 2. The van der Waals surface area contributed by atoms with Crippen LogP contribution in [0.5, 0.6) is 0 Å². The molecule has 0 aromatic heterocycles. The van der Waals surface area contributed by atoms with Crippen LogP contribution in [-0.2, 0) is 0 Å². The lowest BCUT2D eigenvalue weighted by Gasteiger charge is -2.10. The predicted octanol–water partition coefficient (Wildman–Crippen LogP) is 3.74. The lowest BCUT2D eigenvalue weighted by molar-refractivity contribution is 0.0698. The zero-order chi connectivity index (χ0) is 15.6. The highest BCUT2D eigenvalue weighted by molar-refractivity contribution is 9.11. The Hall–Kier alpha value is -1.86. The van der Waals surface area contributed by atoms with Gasteiger partial charge in [-0.1, -0.05) is 15.9 Å². The number of nitrogen functional groups attached to an aromatic ring is 1. The van der Waals surface area contributed by atoms with Crippen molar-refractivity contribution in [2.75, 3.05) is 11.1 Å². The van der Waals surface area contributed by atoms with E-state index >= 15 is 0 Å². The fourth-order valence-corrected chi connectivity index (χ4v) is 2.94. The molecule has 0 bridgehead atoms. The zero-order valence-corrected chi connectivity index (χ0v) is 13.7. The minimum atomic E-state index is -1.16. The van der Waals surface area contributed by atoms with Crippen LogP contribution in [0.3, 0.4) is 0 Å². The first-order valence-electron chi connectivity index (χ1n) is 5.77. The van der Waals surface area contributed by atoms with Gasteiger partial charge in [-0.2, -0.15) is 0 Å². The molecule has 0 saturated heterocycles. The van der Waals surface area contributed by atoms with Crippen molar-refractivity contribution in [2.24, 2.45) is 0 Å². The monoisotopic (exact) mass is 412 g/mol. The van der Waals surface area contributed by atoms with Gasteiger partial charge in [0.05, 0.1) is 16.8 Å². The minimum Gasteiger partial charge on any atom is -0.478 e. The molecule has 7 heteroatoms. The van der Waals surface area contributed by atoms with E-state index in [2.05, 4.69) is 37.2 Å². The average molecular weight is 414 g/mol. The smallest absolute Gasteiger partial charge is 0.337 e. The van der Waals surface area contributed by atoms with Gasteiger partial charge < -0.3 is 16.2 Å². The molecule has 0 aliphatic rings. The van der Waals surface area contributed by atoms with Crippen molar-refractivity contribution in [1.29, 1.82) is 0 Å². The van der Waals surface area contributed by atoms with Crippen molar-refractivity contribution in [3.8, 4) is 0 Å². The van der Waals surface area contributed by atoms with Crippen LogP contribution in [0.15, 0.2) is 45.3 Å². The second-order valence-corrected chi connectivity index (χ2v) is 5.96. The number of carboxylic acids is 1. The number of nitrogens with two attached hydrogens (primary N) is 1. The van der Waals surface area contributed by atoms with Crippen LogP contribution < -0.4 is 11.1 Å². The number of anilines is 2. The van der Waals surface area contributed by atoms with Gasteiger partial charge in [-0.15, -0.1) is 0 Å². The Morgan fingerprint density at radius 2 is 1.76 bits per heavy atom. The van der Waals surface area contributed by atoms with Crippen LogP contribution in [-0.4, -0.2) is 17.0 Å². The van der Waals surface area contributed by atoms with Crippen LogP contribution in [0.4, 0.5) is 11.4 Å². The molecule has 2 aromatic carbocycles. The van der Waals surface area contributed by atoms with Gasteiger partial charge in [0.2, 0.25) is 0 Å². The van der Waals surface area contributed by atoms with Crippen molar-refractivity contribution >= 4 is 55.1 Å². The summed E-state index contributed by atoms with van der Waals surface area (Å²) < 4.78 is 1.42. The normalized spacial score (nSPS) is 10.2. The molecule has 0 unspecified atom stereocenters. The highest BCUT2D eigenvalue weighted by Gasteiger charge is 2.15. The molecule has 0 radical (unpaired) electrons. The molecule has 5 nitrogen and oxygen atoms in total. The Morgan fingerprint density at radius 3 is 2.38 bits per heavy atom. The number of carbonyl (C=O) groups is 2. The van der Waals surface area contributed by atoms with Crippen LogP contribution >= 0.6 is 31.9 Å². The maximum atomic E-state index is 12.2. The summed E-state index contributed by atoms with van der Waals surface area (Å²) in [6.45, 7) is 0. The largest absolute Gasteiger partial charge is 0.478 e. The van der Waals surface area contributed by atoms with Crippen molar-refractivity contribution in [1.82, 2.24) is 0 Å². The summed E-state index contributed by atoms with van der Waals surface area (Å²) in [4.78, 5) is 23.4. The first kappa shape index (κ1) is 15.5. The second kappa shape index (κ2) is 6.28. The summed E-state index contributed by atoms with van der Waals surface area (Å²) in [6, 6.07) is 9.37. The molecule has 4 N–H and O–H groups in total. The van der Waals surface area contributed by atoms with E-state index in [9.17, 15) is 9.59 Å². The van der Waals surface area contributed by atoms with Gasteiger partial charge in [-0.05, 0) is 52.3 Å². The quantitative estimate of drug-likeness (QED) is 0.668. The Labute approximate surface area is 137 Å². The first-order valence-corrected chi connectivity index (χ1v) is 7.36. The molecule has 0 heterocycles. The van der Waals surface area contributed by atoms with E-state index in [0.29, 0.717) is 15.7 Å². The molecule has 108 valence electrons.